The molecule has 0 fully saturated rings. The Bertz CT molecular complexity index is 365. The molecule has 6 heteroatoms. The van der Waals surface area contributed by atoms with E-state index < -0.39 is 0 Å². The molecular formula is C12H19N3O2S. The van der Waals surface area contributed by atoms with Crippen LogP contribution in [0.1, 0.15) is 29.6 Å². The molecule has 0 aliphatic heterocycles. The van der Waals surface area contributed by atoms with Gasteiger partial charge in [0.1, 0.15) is 0 Å². The molecule has 5 nitrogen and oxygen atoms in total. The van der Waals surface area contributed by atoms with Crippen molar-refractivity contribution >= 4 is 23.2 Å². The molecule has 2 amide bonds. The number of hydrogen-bond donors (Lipinski definition) is 3. The van der Waals surface area contributed by atoms with E-state index in [2.05, 4.69) is 10.6 Å². The van der Waals surface area contributed by atoms with E-state index in [1.54, 1.807) is 11.4 Å². The first kappa shape index (κ1) is 14.7. The lowest BCUT2D eigenvalue weighted by atomic mass is 10.3. The highest BCUT2D eigenvalue weighted by molar-refractivity contribution is 7.08. The Hall–Kier alpha value is -1.40. The number of nitrogens with one attached hydrogen (secondary N) is 2. The summed E-state index contributed by atoms with van der Waals surface area (Å²) in [6.07, 6.45) is 2.11. The maximum Gasteiger partial charge on any atom is 0.252 e. The predicted molar refractivity (Wildman–Crippen MR) is 72.6 cm³/mol. The molecule has 0 unspecified atom stereocenters. The van der Waals surface area contributed by atoms with E-state index in [4.69, 9.17) is 5.73 Å². The van der Waals surface area contributed by atoms with Crippen LogP contribution in [0.15, 0.2) is 16.8 Å². The second-order valence-corrected chi connectivity index (χ2v) is 4.64. The molecule has 1 rings (SSSR count). The van der Waals surface area contributed by atoms with Crippen molar-refractivity contribution < 1.29 is 9.59 Å². The minimum atomic E-state index is -0.132. The smallest absolute Gasteiger partial charge is 0.252 e. The average molecular weight is 269 g/mol. The Morgan fingerprint density at radius 1 is 1.22 bits per heavy atom. The molecule has 0 bridgehead atoms. The summed E-state index contributed by atoms with van der Waals surface area (Å²) in [6.45, 7) is 1.65. The number of unbranched alkanes of at least 4 members (excludes halogenated alkanes) is 1. The molecule has 0 aromatic carbocycles. The molecule has 0 spiro atoms. The van der Waals surface area contributed by atoms with Gasteiger partial charge in [0.25, 0.3) is 5.91 Å². The van der Waals surface area contributed by atoms with Crippen LogP contribution in [0.3, 0.4) is 0 Å². The highest BCUT2D eigenvalue weighted by Gasteiger charge is 2.06. The van der Waals surface area contributed by atoms with Crippen LogP contribution >= 0.6 is 11.3 Å². The lowest BCUT2D eigenvalue weighted by Crippen LogP contribution is -2.31. The van der Waals surface area contributed by atoms with Gasteiger partial charge in [-0.1, -0.05) is 0 Å². The number of amides is 2. The average Bonchev–Trinajstić information content (AvgIpc) is 2.88. The Kier molecular flexibility index (Phi) is 7.05. The highest BCUT2D eigenvalue weighted by Crippen LogP contribution is 2.04. The van der Waals surface area contributed by atoms with Crippen molar-refractivity contribution in [3.05, 3.63) is 22.4 Å². The van der Waals surface area contributed by atoms with Crippen molar-refractivity contribution in [3.63, 3.8) is 0 Å². The van der Waals surface area contributed by atoms with E-state index in [0.29, 0.717) is 31.6 Å². The molecular weight excluding hydrogens is 250 g/mol. The molecule has 0 radical (unpaired) electrons. The minimum Gasteiger partial charge on any atom is -0.356 e. The fourth-order valence-corrected chi connectivity index (χ4v) is 2.01. The van der Waals surface area contributed by atoms with E-state index in [9.17, 15) is 9.59 Å². The Morgan fingerprint density at radius 3 is 2.72 bits per heavy atom. The van der Waals surface area contributed by atoms with Crippen LogP contribution < -0.4 is 16.4 Å². The van der Waals surface area contributed by atoms with Crippen LogP contribution in [0, 0.1) is 0 Å². The molecule has 18 heavy (non-hydrogen) atoms. The maximum absolute atomic E-state index is 11.5. The third-order valence-electron chi connectivity index (χ3n) is 2.37. The van der Waals surface area contributed by atoms with Crippen LogP contribution in [0.2, 0.25) is 0 Å². The fourth-order valence-electron chi connectivity index (χ4n) is 1.37. The van der Waals surface area contributed by atoms with Gasteiger partial charge in [-0.15, -0.1) is 0 Å². The molecule has 1 aromatic heterocycles. The van der Waals surface area contributed by atoms with Gasteiger partial charge in [0.15, 0.2) is 0 Å². The summed E-state index contributed by atoms with van der Waals surface area (Å²) >= 11 is 1.47. The maximum atomic E-state index is 11.5. The summed E-state index contributed by atoms with van der Waals surface area (Å²) in [4.78, 5) is 22.9. The van der Waals surface area contributed by atoms with Gasteiger partial charge in [-0.3, -0.25) is 9.59 Å². The second-order valence-electron chi connectivity index (χ2n) is 3.86. The van der Waals surface area contributed by atoms with E-state index in [-0.39, 0.29) is 11.8 Å². The quantitative estimate of drug-likeness (QED) is 0.608. The first-order valence-electron chi connectivity index (χ1n) is 6.01. The first-order valence-corrected chi connectivity index (χ1v) is 6.95. The van der Waals surface area contributed by atoms with Crippen molar-refractivity contribution in [2.75, 3.05) is 19.6 Å². The van der Waals surface area contributed by atoms with Gasteiger partial charge in [0, 0.05) is 30.5 Å². The van der Waals surface area contributed by atoms with Gasteiger partial charge >= 0.3 is 0 Å². The zero-order valence-electron chi connectivity index (χ0n) is 10.3. The van der Waals surface area contributed by atoms with Crippen molar-refractivity contribution in [1.82, 2.24) is 10.6 Å². The zero-order chi connectivity index (χ0) is 13.2. The monoisotopic (exact) mass is 269 g/mol. The topological polar surface area (TPSA) is 84.2 Å². The predicted octanol–water partition coefficient (Wildman–Crippen LogP) is 0.723. The summed E-state index contributed by atoms with van der Waals surface area (Å²) in [5.74, 6) is -0.176. The molecule has 100 valence electrons. The number of rotatable bonds is 8. The number of hydrogen-bond acceptors (Lipinski definition) is 4. The molecule has 1 heterocycles. The van der Waals surface area contributed by atoms with Crippen molar-refractivity contribution in [2.24, 2.45) is 5.73 Å². The summed E-state index contributed by atoms with van der Waals surface area (Å²) < 4.78 is 0. The SMILES string of the molecule is NCCCCNC(=O)CCNC(=O)c1ccsc1. The van der Waals surface area contributed by atoms with E-state index in [1.165, 1.54) is 11.3 Å². The fraction of sp³-hybridized carbons (Fsp3) is 0.500. The lowest BCUT2D eigenvalue weighted by Gasteiger charge is -2.05. The summed E-state index contributed by atoms with van der Waals surface area (Å²) in [7, 11) is 0. The lowest BCUT2D eigenvalue weighted by molar-refractivity contribution is -0.120. The van der Waals surface area contributed by atoms with E-state index in [0.717, 1.165) is 12.8 Å². The third kappa shape index (κ3) is 5.79. The number of carbonyl (C=O) groups excluding carboxylic acids is 2. The molecule has 0 saturated carbocycles. The normalized spacial score (nSPS) is 10.1. The molecule has 0 saturated heterocycles. The van der Waals surface area contributed by atoms with Crippen LogP contribution in [-0.2, 0) is 4.79 Å². The van der Waals surface area contributed by atoms with Crippen LogP contribution in [0.25, 0.3) is 0 Å². The third-order valence-corrected chi connectivity index (χ3v) is 3.06. The Labute approximate surface area is 111 Å². The highest BCUT2D eigenvalue weighted by atomic mass is 32.1. The molecule has 0 atom stereocenters. The van der Waals surface area contributed by atoms with Crippen molar-refractivity contribution in [1.29, 1.82) is 0 Å². The first-order chi connectivity index (χ1) is 8.74. The molecule has 1 aromatic rings. The molecule has 0 aliphatic rings. The Balaban J connectivity index is 2.07. The summed E-state index contributed by atoms with van der Waals surface area (Å²) in [5, 5.41) is 9.11. The zero-order valence-corrected chi connectivity index (χ0v) is 11.1. The summed E-state index contributed by atoms with van der Waals surface area (Å²) in [6, 6.07) is 1.76. The van der Waals surface area contributed by atoms with Crippen LogP contribution in [0.5, 0.6) is 0 Å². The number of nitrogens with two attached hydrogens (primary N) is 1. The van der Waals surface area contributed by atoms with Gasteiger partial charge in [0.2, 0.25) is 5.91 Å². The molecule has 4 N–H and O–H groups in total. The van der Waals surface area contributed by atoms with Crippen molar-refractivity contribution in [2.45, 2.75) is 19.3 Å². The van der Waals surface area contributed by atoms with Gasteiger partial charge in [-0.05, 0) is 30.8 Å². The number of carbonyl (C=O) groups is 2. The van der Waals surface area contributed by atoms with Crippen LogP contribution in [0.4, 0.5) is 0 Å². The van der Waals surface area contributed by atoms with Gasteiger partial charge < -0.3 is 16.4 Å². The largest absolute Gasteiger partial charge is 0.356 e. The Morgan fingerprint density at radius 2 is 2.06 bits per heavy atom. The van der Waals surface area contributed by atoms with Gasteiger partial charge in [0.05, 0.1) is 0 Å². The molecule has 0 aliphatic carbocycles. The number of thiophene rings is 1. The van der Waals surface area contributed by atoms with Crippen LogP contribution in [-0.4, -0.2) is 31.4 Å². The minimum absolute atomic E-state index is 0.0439. The second kappa shape index (κ2) is 8.66. The van der Waals surface area contributed by atoms with Gasteiger partial charge in [-0.25, -0.2) is 0 Å². The van der Waals surface area contributed by atoms with E-state index >= 15 is 0 Å². The van der Waals surface area contributed by atoms with Gasteiger partial charge in [-0.2, -0.15) is 11.3 Å². The standard InChI is InChI=1S/C12H19N3O2S/c13-5-1-2-6-14-11(16)3-7-15-12(17)10-4-8-18-9-10/h4,8-9H,1-3,5-7,13H2,(H,14,16)(H,15,17). The summed E-state index contributed by atoms with van der Waals surface area (Å²) in [5.41, 5.74) is 5.99. The van der Waals surface area contributed by atoms with Crippen molar-refractivity contribution in [3.8, 4) is 0 Å². The van der Waals surface area contributed by atoms with E-state index in [1.807, 2.05) is 5.38 Å².